The van der Waals surface area contributed by atoms with E-state index in [-0.39, 0.29) is 22.5 Å². The predicted octanol–water partition coefficient (Wildman–Crippen LogP) is 3.89. The molecule has 3 rings (SSSR count). The zero-order chi connectivity index (χ0) is 18.7. The Morgan fingerprint density at radius 1 is 1.23 bits per heavy atom. The molecule has 0 amide bonds. The number of aromatic nitrogens is 2. The lowest BCUT2D eigenvalue weighted by Gasteiger charge is -2.35. The summed E-state index contributed by atoms with van der Waals surface area (Å²) in [5.74, 6) is 0.526. The van der Waals surface area contributed by atoms with Crippen LogP contribution in [0, 0.1) is 5.82 Å². The van der Waals surface area contributed by atoms with Gasteiger partial charge in [-0.2, -0.15) is 0 Å². The van der Waals surface area contributed by atoms with E-state index in [1.165, 1.54) is 19.6 Å². The Morgan fingerprint density at radius 3 is 2.58 bits per heavy atom. The number of hydrogen-bond donors (Lipinski definition) is 0. The lowest BCUT2D eigenvalue weighted by molar-refractivity contribution is 0.144. The molecule has 0 spiro atoms. The average Bonchev–Trinajstić information content (AvgIpc) is 2.67. The number of fused-ring (bicyclic) bond motifs is 1. The molecule has 0 bridgehead atoms. The van der Waals surface area contributed by atoms with Crippen LogP contribution in [0.25, 0.3) is 10.9 Å². The second kappa shape index (κ2) is 8.16. The third kappa shape index (κ3) is 3.47. The second-order valence-electron chi connectivity index (χ2n) is 6.93. The van der Waals surface area contributed by atoms with Crippen LogP contribution in [-0.4, -0.2) is 34.7 Å². The number of methoxy groups -OCH3 is 1. The normalized spacial score (nSPS) is 16.8. The monoisotopic (exact) mass is 361 g/mol. The van der Waals surface area contributed by atoms with Crippen LogP contribution in [0.2, 0.25) is 0 Å². The SMILES string of the molecule is CCC[C@@H](c1nc2c(F)cc(OC)cc2c(=O)n1CC)N1CCCCC1. The summed E-state index contributed by atoms with van der Waals surface area (Å²) >= 11 is 0. The molecule has 2 heterocycles. The molecular weight excluding hydrogens is 333 g/mol. The first-order valence-corrected chi connectivity index (χ1v) is 9.62. The van der Waals surface area contributed by atoms with Gasteiger partial charge in [-0.05, 0) is 45.3 Å². The molecule has 0 aliphatic carbocycles. The summed E-state index contributed by atoms with van der Waals surface area (Å²) in [6, 6.07) is 2.93. The zero-order valence-corrected chi connectivity index (χ0v) is 15.9. The molecular formula is C20H28FN3O2. The molecule has 6 heteroatoms. The Balaban J connectivity index is 2.19. The molecule has 1 saturated heterocycles. The minimum atomic E-state index is -0.505. The molecule has 1 aliphatic heterocycles. The lowest BCUT2D eigenvalue weighted by atomic mass is 10.0. The van der Waals surface area contributed by atoms with Crippen molar-refractivity contribution in [3.8, 4) is 5.75 Å². The summed E-state index contributed by atoms with van der Waals surface area (Å²) in [6.45, 7) is 6.61. The fourth-order valence-electron chi connectivity index (χ4n) is 3.93. The Bertz CT molecular complexity index is 828. The highest BCUT2D eigenvalue weighted by Gasteiger charge is 2.27. The number of hydrogen-bond acceptors (Lipinski definition) is 4. The molecule has 5 nitrogen and oxygen atoms in total. The summed E-state index contributed by atoms with van der Waals surface area (Å²) in [6.07, 6.45) is 5.47. The summed E-state index contributed by atoms with van der Waals surface area (Å²) < 4.78 is 21.4. The van der Waals surface area contributed by atoms with Crippen LogP contribution in [-0.2, 0) is 6.54 Å². The highest BCUT2D eigenvalue weighted by molar-refractivity contribution is 5.80. The summed E-state index contributed by atoms with van der Waals surface area (Å²) in [7, 11) is 1.47. The standard InChI is InChI=1S/C20H28FN3O2/c1-4-9-17(23-10-7-6-8-11-23)19-22-18-15(20(25)24(19)5-2)12-14(26-3)13-16(18)21/h12-13,17H,4-11H2,1-3H3/t17-/m0/s1. The van der Waals surface area contributed by atoms with Gasteiger partial charge in [-0.3, -0.25) is 14.3 Å². The van der Waals surface area contributed by atoms with E-state index in [1.807, 2.05) is 6.92 Å². The van der Waals surface area contributed by atoms with Gasteiger partial charge in [-0.25, -0.2) is 9.37 Å². The number of likely N-dealkylation sites (tertiary alicyclic amines) is 1. The molecule has 1 aromatic heterocycles. The van der Waals surface area contributed by atoms with Gasteiger partial charge >= 0.3 is 0 Å². The van der Waals surface area contributed by atoms with E-state index >= 15 is 0 Å². The largest absolute Gasteiger partial charge is 0.497 e. The van der Waals surface area contributed by atoms with Crippen molar-refractivity contribution < 1.29 is 9.13 Å². The highest BCUT2D eigenvalue weighted by Crippen LogP contribution is 2.29. The van der Waals surface area contributed by atoms with Gasteiger partial charge in [0.1, 0.15) is 17.1 Å². The molecule has 1 aliphatic rings. The fourth-order valence-corrected chi connectivity index (χ4v) is 3.93. The van der Waals surface area contributed by atoms with Crippen molar-refractivity contribution in [3.05, 3.63) is 34.1 Å². The number of piperidine rings is 1. The Morgan fingerprint density at radius 2 is 1.96 bits per heavy atom. The Kier molecular flexibility index (Phi) is 5.91. The number of nitrogens with zero attached hydrogens (tertiary/aromatic N) is 3. The highest BCUT2D eigenvalue weighted by atomic mass is 19.1. The topological polar surface area (TPSA) is 47.4 Å². The van der Waals surface area contributed by atoms with Gasteiger partial charge in [0.2, 0.25) is 0 Å². The van der Waals surface area contributed by atoms with Gasteiger partial charge in [0.05, 0.1) is 18.5 Å². The maximum absolute atomic E-state index is 14.6. The number of halogens is 1. The molecule has 1 atom stereocenters. The van der Waals surface area contributed by atoms with Gasteiger partial charge in [0.15, 0.2) is 5.82 Å². The predicted molar refractivity (Wildman–Crippen MR) is 101 cm³/mol. The molecule has 0 unspecified atom stereocenters. The maximum atomic E-state index is 14.6. The van der Waals surface area contributed by atoms with Crippen molar-refractivity contribution in [2.45, 2.75) is 58.5 Å². The Hall–Kier alpha value is -1.95. The van der Waals surface area contributed by atoms with Crippen LogP contribution >= 0.6 is 0 Å². The summed E-state index contributed by atoms with van der Waals surface area (Å²) in [4.78, 5) is 20.2. The zero-order valence-electron chi connectivity index (χ0n) is 15.9. The molecule has 2 aromatic rings. The smallest absolute Gasteiger partial charge is 0.261 e. The van der Waals surface area contributed by atoms with Crippen molar-refractivity contribution in [1.82, 2.24) is 14.5 Å². The average molecular weight is 361 g/mol. The summed E-state index contributed by atoms with van der Waals surface area (Å²) in [5, 5.41) is 0.279. The second-order valence-corrected chi connectivity index (χ2v) is 6.93. The number of benzene rings is 1. The van der Waals surface area contributed by atoms with E-state index in [9.17, 15) is 9.18 Å². The first kappa shape index (κ1) is 18.8. The van der Waals surface area contributed by atoms with Crippen molar-refractivity contribution in [2.75, 3.05) is 20.2 Å². The first-order valence-electron chi connectivity index (χ1n) is 9.62. The quantitative estimate of drug-likeness (QED) is 0.783. The van der Waals surface area contributed by atoms with E-state index in [0.717, 1.165) is 38.8 Å². The van der Waals surface area contributed by atoms with Gasteiger partial charge in [-0.15, -0.1) is 0 Å². The van der Waals surface area contributed by atoms with E-state index in [1.54, 1.807) is 10.6 Å². The van der Waals surface area contributed by atoms with Gasteiger partial charge < -0.3 is 4.74 Å². The van der Waals surface area contributed by atoms with Crippen LogP contribution in [0.5, 0.6) is 5.75 Å². The molecule has 0 radical (unpaired) electrons. The molecule has 1 aromatic carbocycles. The van der Waals surface area contributed by atoms with E-state index in [2.05, 4.69) is 16.8 Å². The van der Waals surface area contributed by atoms with Crippen LogP contribution in [0.15, 0.2) is 16.9 Å². The molecule has 142 valence electrons. The van der Waals surface area contributed by atoms with Crippen molar-refractivity contribution >= 4 is 10.9 Å². The molecule has 26 heavy (non-hydrogen) atoms. The van der Waals surface area contributed by atoms with Crippen molar-refractivity contribution in [2.24, 2.45) is 0 Å². The number of rotatable bonds is 6. The minimum Gasteiger partial charge on any atom is -0.497 e. The van der Waals surface area contributed by atoms with Gasteiger partial charge in [-0.1, -0.05) is 19.8 Å². The minimum absolute atomic E-state index is 0.0545. The van der Waals surface area contributed by atoms with Gasteiger partial charge in [0.25, 0.3) is 5.56 Å². The molecule has 1 fully saturated rings. The van der Waals surface area contributed by atoms with E-state index in [0.29, 0.717) is 18.1 Å². The third-order valence-corrected chi connectivity index (χ3v) is 5.26. The Labute approximate surface area is 153 Å². The van der Waals surface area contributed by atoms with E-state index in [4.69, 9.17) is 4.74 Å². The lowest BCUT2D eigenvalue weighted by Crippen LogP contribution is -2.38. The van der Waals surface area contributed by atoms with Crippen molar-refractivity contribution in [3.63, 3.8) is 0 Å². The first-order chi connectivity index (χ1) is 12.6. The van der Waals surface area contributed by atoms with Crippen LogP contribution < -0.4 is 10.3 Å². The van der Waals surface area contributed by atoms with Gasteiger partial charge in [0, 0.05) is 12.6 Å². The molecule has 0 N–H and O–H groups in total. The maximum Gasteiger partial charge on any atom is 0.261 e. The van der Waals surface area contributed by atoms with Crippen molar-refractivity contribution in [1.29, 1.82) is 0 Å². The van der Waals surface area contributed by atoms with E-state index < -0.39 is 5.82 Å². The third-order valence-electron chi connectivity index (χ3n) is 5.26. The van der Waals surface area contributed by atoms with Crippen LogP contribution in [0.4, 0.5) is 4.39 Å². The van der Waals surface area contributed by atoms with Crippen LogP contribution in [0.3, 0.4) is 0 Å². The van der Waals surface area contributed by atoms with Crippen LogP contribution in [0.1, 0.15) is 57.8 Å². The number of ether oxygens (including phenoxy) is 1. The molecule has 0 saturated carbocycles. The fraction of sp³-hybridized carbons (Fsp3) is 0.600. The summed E-state index contributed by atoms with van der Waals surface area (Å²) in [5.41, 5.74) is -0.0444.